The van der Waals surface area contributed by atoms with E-state index < -0.39 is 0 Å². The zero-order valence-corrected chi connectivity index (χ0v) is 24.6. The van der Waals surface area contributed by atoms with Crippen LogP contribution in [-0.4, -0.2) is 39.9 Å². The highest BCUT2D eigenvalue weighted by atomic mass is 16.5. The monoisotopic (exact) mass is 606 g/mol. The predicted molar refractivity (Wildman–Crippen MR) is 183 cm³/mol. The quantitative estimate of drug-likeness (QED) is 0.202. The molecule has 0 unspecified atom stereocenters. The summed E-state index contributed by atoms with van der Waals surface area (Å²) in [6.45, 7) is 0. The van der Waals surface area contributed by atoms with E-state index in [-0.39, 0.29) is 0 Å². The highest BCUT2D eigenvalue weighted by Gasteiger charge is 2.22. The highest BCUT2D eigenvalue weighted by molar-refractivity contribution is 6.06. The number of hydrogen-bond donors (Lipinski definition) is 2. The first kappa shape index (κ1) is 25.6. The maximum atomic E-state index is 6.21. The molecule has 0 atom stereocenters. The minimum absolute atomic E-state index is 0.551. The summed E-state index contributed by atoms with van der Waals surface area (Å²) in [5, 5.41) is 3.59. The molecule has 5 heterocycles. The lowest BCUT2D eigenvalue weighted by Gasteiger charge is -2.05. The Bertz CT molecular complexity index is 2730. The van der Waals surface area contributed by atoms with Gasteiger partial charge in [0.2, 0.25) is 0 Å². The Labute approximate surface area is 266 Å². The number of ether oxygens (including phenoxy) is 1. The largest absolute Gasteiger partial charge is 0.457 e. The molecule has 10 rings (SSSR count). The van der Waals surface area contributed by atoms with Crippen molar-refractivity contribution >= 4 is 44.1 Å². The maximum absolute atomic E-state index is 6.21. The van der Waals surface area contributed by atoms with Gasteiger partial charge in [-0.15, -0.1) is 0 Å². The first-order chi connectivity index (χ1) is 23.2. The number of nitrogens with one attached hydrogen (secondary N) is 2. The van der Waals surface area contributed by atoms with Crippen molar-refractivity contribution in [2.75, 3.05) is 0 Å². The van der Waals surface area contributed by atoms with Crippen molar-refractivity contribution in [1.29, 1.82) is 0 Å². The van der Waals surface area contributed by atoms with Gasteiger partial charge in [0.05, 0.1) is 0 Å². The van der Waals surface area contributed by atoms with Gasteiger partial charge in [-0.3, -0.25) is 0 Å². The first-order valence-corrected chi connectivity index (χ1v) is 15.2. The SMILES string of the molecule is c1ccc(Oc2ccc3c4nc5nc(nc6[nH]c(nc7nc(nc([nH]4)c3c2)-c2ccccc2-7)c2ccccc62)-c2ccccc2-5)cc1. The lowest BCUT2D eigenvalue weighted by Crippen LogP contribution is -1.84. The second-order valence-electron chi connectivity index (χ2n) is 11.4. The number of fused-ring (bicyclic) bond motifs is 20. The van der Waals surface area contributed by atoms with E-state index in [0.717, 1.165) is 49.5 Å². The summed E-state index contributed by atoms with van der Waals surface area (Å²) >= 11 is 0. The van der Waals surface area contributed by atoms with Crippen LogP contribution in [0.3, 0.4) is 0 Å². The number of nitrogens with zero attached hydrogens (tertiary/aromatic N) is 6. The molecule has 0 saturated heterocycles. The van der Waals surface area contributed by atoms with E-state index in [1.165, 1.54) is 0 Å². The highest BCUT2D eigenvalue weighted by Crippen LogP contribution is 2.37. The van der Waals surface area contributed by atoms with Crippen LogP contribution in [0.4, 0.5) is 0 Å². The topological polar surface area (TPSA) is 118 Å². The molecule has 0 saturated carbocycles. The fraction of sp³-hybridized carbons (Fsp3) is 0. The van der Waals surface area contributed by atoms with E-state index in [1.807, 2.05) is 121 Å². The molecule has 3 aromatic heterocycles. The zero-order chi connectivity index (χ0) is 30.9. The fourth-order valence-corrected chi connectivity index (χ4v) is 6.31. The van der Waals surface area contributed by atoms with E-state index in [4.69, 9.17) is 34.6 Å². The minimum Gasteiger partial charge on any atom is -0.457 e. The van der Waals surface area contributed by atoms with Gasteiger partial charge in [0.25, 0.3) is 0 Å². The van der Waals surface area contributed by atoms with Crippen molar-refractivity contribution < 1.29 is 4.74 Å². The molecule has 8 aromatic rings. The molecule has 0 amide bonds. The van der Waals surface area contributed by atoms with Crippen molar-refractivity contribution in [3.8, 4) is 57.1 Å². The van der Waals surface area contributed by atoms with Crippen LogP contribution in [0.1, 0.15) is 0 Å². The molecule has 9 heteroatoms. The average Bonchev–Trinajstić information content (AvgIpc) is 3.84. The zero-order valence-electron chi connectivity index (χ0n) is 24.6. The van der Waals surface area contributed by atoms with Gasteiger partial charge >= 0.3 is 0 Å². The fourth-order valence-electron chi connectivity index (χ4n) is 6.31. The normalized spacial score (nSPS) is 11.8. The Morgan fingerprint density at radius 2 is 0.745 bits per heavy atom. The van der Waals surface area contributed by atoms with Crippen molar-refractivity contribution in [2.45, 2.75) is 0 Å². The molecule has 8 bridgehead atoms. The number of aromatic amines is 2. The summed E-state index contributed by atoms with van der Waals surface area (Å²) in [4.78, 5) is 37.2. The summed E-state index contributed by atoms with van der Waals surface area (Å²) in [6.07, 6.45) is 0. The number of para-hydroxylation sites is 1. The third kappa shape index (κ3) is 4.10. The van der Waals surface area contributed by atoms with E-state index in [0.29, 0.717) is 51.6 Å². The molecule has 5 aromatic carbocycles. The van der Waals surface area contributed by atoms with E-state index >= 15 is 0 Å². The third-order valence-electron chi connectivity index (χ3n) is 8.50. The van der Waals surface area contributed by atoms with E-state index in [9.17, 15) is 0 Å². The molecule has 0 aliphatic carbocycles. The second kappa shape index (κ2) is 9.88. The minimum atomic E-state index is 0.551. The number of aromatic nitrogens is 8. The van der Waals surface area contributed by atoms with Gasteiger partial charge in [-0.05, 0) is 30.3 Å². The molecule has 220 valence electrons. The van der Waals surface area contributed by atoms with E-state index in [1.54, 1.807) is 0 Å². The van der Waals surface area contributed by atoms with Gasteiger partial charge in [0.15, 0.2) is 23.3 Å². The van der Waals surface area contributed by atoms with Crippen molar-refractivity contribution in [3.63, 3.8) is 0 Å². The van der Waals surface area contributed by atoms with E-state index in [2.05, 4.69) is 9.97 Å². The average molecular weight is 607 g/mol. The van der Waals surface area contributed by atoms with Crippen LogP contribution in [0.25, 0.3) is 89.7 Å². The molecule has 2 aliphatic rings. The molecule has 2 N–H and O–H groups in total. The van der Waals surface area contributed by atoms with Gasteiger partial charge in [-0.1, -0.05) is 91.0 Å². The second-order valence-corrected chi connectivity index (χ2v) is 11.4. The summed E-state index contributed by atoms with van der Waals surface area (Å²) in [5.74, 6) is 3.68. The molecule has 47 heavy (non-hydrogen) atoms. The summed E-state index contributed by atoms with van der Waals surface area (Å²) in [6, 6.07) is 39.7. The molecule has 0 fully saturated rings. The number of benzene rings is 5. The molecule has 0 spiro atoms. The van der Waals surface area contributed by atoms with Crippen LogP contribution in [-0.2, 0) is 0 Å². The lowest BCUT2D eigenvalue weighted by atomic mass is 10.1. The molecule has 0 radical (unpaired) electrons. The Morgan fingerprint density at radius 1 is 0.340 bits per heavy atom. The van der Waals surface area contributed by atoms with Crippen molar-refractivity contribution in [2.24, 2.45) is 0 Å². The van der Waals surface area contributed by atoms with Crippen LogP contribution in [0.2, 0.25) is 0 Å². The molecular formula is C38H22N8O. The van der Waals surface area contributed by atoms with Gasteiger partial charge < -0.3 is 14.7 Å². The van der Waals surface area contributed by atoms with Gasteiger partial charge in [0, 0.05) is 43.8 Å². The van der Waals surface area contributed by atoms with Crippen LogP contribution in [0.15, 0.2) is 121 Å². The Morgan fingerprint density at radius 3 is 1.23 bits per heavy atom. The van der Waals surface area contributed by atoms with Crippen LogP contribution in [0.5, 0.6) is 11.5 Å². The summed E-state index contributed by atoms with van der Waals surface area (Å²) in [5.41, 5.74) is 6.15. The standard InChI is InChI=1S/C38H22N8O/c1-2-10-21(11-3-1)47-22-18-19-29-30(20-22)38-45-36-28-17-9-8-16-27(28)34(43-36)41-32-24-13-5-4-12-23(24)31(39-32)40-33-25-14-6-7-15-26(25)35(42-33)44-37(29)46-38/h1-20H,(H2,39,40,41,42,43,44,45,46). The van der Waals surface area contributed by atoms with Crippen LogP contribution < -0.4 is 4.74 Å². The lowest BCUT2D eigenvalue weighted by molar-refractivity contribution is 0.483. The number of H-pyrrole nitrogens is 2. The Hall–Kier alpha value is -6.74. The first-order valence-electron chi connectivity index (χ1n) is 15.2. The summed E-state index contributed by atoms with van der Waals surface area (Å²) in [7, 11) is 0. The Kier molecular flexibility index (Phi) is 5.38. The van der Waals surface area contributed by atoms with Gasteiger partial charge in [0.1, 0.15) is 34.1 Å². The maximum Gasteiger partial charge on any atom is 0.164 e. The molecular weight excluding hydrogens is 584 g/mol. The Balaban J connectivity index is 1.34. The van der Waals surface area contributed by atoms with Crippen molar-refractivity contribution in [1.82, 2.24) is 39.9 Å². The predicted octanol–water partition coefficient (Wildman–Crippen LogP) is 8.66. The van der Waals surface area contributed by atoms with Gasteiger partial charge in [-0.2, -0.15) is 0 Å². The third-order valence-corrected chi connectivity index (χ3v) is 8.50. The summed E-state index contributed by atoms with van der Waals surface area (Å²) < 4.78 is 6.21. The van der Waals surface area contributed by atoms with Crippen LogP contribution in [0, 0.1) is 0 Å². The molecule has 2 aliphatic heterocycles. The number of hydrogen-bond acceptors (Lipinski definition) is 7. The van der Waals surface area contributed by atoms with Crippen LogP contribution >= 0.6 is 0 Å². The van der Waals surface area contributed by atoms with Gasteiger partial charge in [-0.25, -0.2) is 29.9 Å². The smallest absolute Gasteiger partial charge is 0.164 e. The van der Waals surface area contributed by atoms with Crippen molar-refractivity contribution in [3.05, 3.63) is 121 Å². The molecule has 9 nitrogen and oxygen atoms in total. The number of rotatable bonds is 2.